The first-order chi connectivity index (χ1) is 9.10. The summed E-state index contributed by atoms with van der Waals surface area (Å²) in [6.07, 6.45) is 2.74. The van der Waals surface area contributed by atoms with Gasteiger partial charge in [0.1, 0.15) is 5.76 Å². The molecule has 0 aliphatic heterocycles. The Labute approximate surface area is 115 Å². The Morgan fingerprint density at radius 2 is 1.79 bits per heavy atom. The SMILES string of the molecule is CCNC(Cc1cc(C)cc(C)c1)c1occc1C. The molecule has 0 spiro atoms. The fourth-order valence-electron chi connectivity index (χ4n) is 2.67. The molecule has 0 aliphatic carbocycles. The van der Waals surface area contributed by atoms with Crippen LogP contribution in [0.2, 0.25) is 0 Å². The summed E-state index contributed by atoms with van der Waals surface area (Å²) in [7, 11) is 0. The van der Waals surface area contributed by atoms with E-state index in [0.29, 0.717) is 0 Å². The summed E-state index contributed by atoms with van der Waals surface area (Å²) >= 11 is 0. The Morgan fingerprint density at radius 3 is 2.32 bits per heavy atom. The van der Waals surface area contributed by atoms with Crippen LogP contribution >= 0.6 is 0 Å². The molecule has 2 rings (SSSR count). The molecular formula is C17H23NO. The van der Waals surface area contributed by atoms with Gasteiger partial charge in [-0.25, -0.2) is 0 Å². The minimum Gasteiger partial charge on any atom is -0.467 e. The van der Waals surface area contributed by atoms with Gasteiger partial charge in [-0.3, -0.25) is 0 Å². The molecule has 1 aromatic carbocycles. The van der Waals surface area contributed by atoms with Crippen molar-refractivity contribution in [3.63, 3.8) is 0 Å². The summed E-state index contributed by atoms with van der Waals surface area (Å²) in [5.74, 6) is 1.06. The molecule has 1 N–H and O–H groups in total. The highest BCUT2D eigenvalue weighted by atomic mass is 16.3. The van der Waals surface area contributed by atoms with Gasteiger partial charge in [0.25, 0.3) is 0 Å². The standard InChI is InChI=1S/C17H23NO/c1-5-18-16(17-14(4)6-7-19-17)11-15-9-12(2)8-13(3)10-15/h6-10,16,18H,5,11H2,1-4H3. The smallest absolute Gasteiger partial charge is 0.123 e. The lowest BCUT2D eigenvalue weighted by molar-refractivity contribution is 0.413. The van der Waals surface area contributed by atoms with Gasteiger partial charge in [-0.05, 0) is 50.9 Å². The molecule has 1 aromatic heterocycles. The lowest BCUT2D eigenvalue weighted by Crippen LogP contribution is -2.23. The van der Waals surface area contributed by atoms with E-state index in [1.165, 1.54) is 22.3 Å². The average Bonchev–Trinajstić information content (AvgIpc) is 2.73. The van der Waals surface area contributed by atoms with E-state index in [4.69, 9.17) is 4.42 Å². The molecule has 0 bridgehead atoms. The summed E-state index contributed by atoms with van der Waals surface area (Å²) in [5, 5.41) is 3.52. The first kappa shape index (κ1) is 13.9. The first-order valence-corrected chi connectivity index (χ1v) is 6.94. The maximum atomic E-state index is 5.65. The highest BCUT2D eigenvalue weighted by molar-refractivity contribution is 5.30. The van der Waals surface area contributed by atoms with Gasteiger partial charge >= 0.3 is 0 Å². The van der Waals surface area contributed by atoms with Crippen LogP contribution in [0.15, 0.2) is 34.9 Å². The van der Waals surface area contributed by atoms with Crippen molar-refractivity contribution in [2.45, 2.75) is 40.2 Å². The molecule has 0 aliphatic rings. The van der Waals surface area contributed by atoms with E-state index in [-0.39, 0.29) is 6.04 Å². The Morgan fingerprint density at radius 1 is 1.11 bits per heavy atom. The maximum Gasteiger partial charge on any atom is 0.123 e. The van der Waals surface area contributed by atoms with E-state index >= 15 is 0 Å². The van der Waals surface area contributed by atoms with E-state index in [0.717, 1.165) is 18.7 Å². The van der Waals surface area contributed by atoms with Crippen LogP contribution in [-0.2, 0) is 6.42 Å². The summed E-state index contributed by atoms with van der Waals surface area (Å²) in [6, 6.07) is 9.01. The van der Waals surface area contributed by atoms with Crippen LogP contribution in [-0.4, -0.2) is 6.54 Å². The number of benzene rings is 1. The number of hydrogen-bond acceptors (Lipinski definition) is 2. The zero-order valence-electron chi connectivity index (χ0n) is 12.3. The van der Waals surface area contributed by atoms with Crippen molar-refractivity contribution in [3.05, 3.63) is 58.5 Å². The Hall–Kier alpha value is -1.54. The minimum absolute atomic E-state index is 0.251. The highest BCUT2D eigenvalue weighted by Crippen LogP contribution is 2.23. The van der Waals surface area contributed by atoms with E-state index in [1.54, 1.807) is 6.26 Å². The molecule has 0 amide bonds. The minimum atomic E-state index is 0.251. The lowest BCUT2D eigenvalue weighted by Gasteiger charge is -2.17. The summed E-state index contributed by atoms with van der Waals surface area (Å²) in [4.78, 5) is 0. The van der Waals surface area contributed by atoms with E-state index in [2.05, 4.69) is 51.2 Å². The quantitative estimate of drug-likeness (QED) is 0.872. The van der Waals surface area contributed by atoms with Crippen LogP contribution in [0.3, 0.4) is 0 Å². The molecule has 0 radical (unpaired) electrons. The molecule has 2 nitrogen and oxygen atoms in total. The normalized spacial score (nSPS) is 12.6. The number of likely N-dealkylation sites (N-methyl/N-ethyl adjacent to an activating group) is 1. The van der Waals surface area contributed by atoms with Crippen molar-refractivity contribution in [1.29, 1.82) is 0 Å². The second kappa shape index (κ2) is 6.07. The summed E-state index contributed by atoms with van der Waals surface area (Å²) in [5.41, 5.74) is 5.22. The molecule has 2 aromatic rings. The van der Waals surface area contributed by atoms with Crippen LogP contribution in [0, 0.1) is 20.8 Å². The predicted octanol–water partition coefficient (Wildman–Crippen LogP) is 4.10. The second-order valence-electron chi connectivity index (χ2n) is 5.28. The first-order valence-electron chi connectivity index (χ1n) is 6.94. The Bertz CT molecular complexity index is 522. The van der Waals surface area contributed by atoms with Gasteiger partial charge in [-0.2, -0.15) is 0 Å². The molecule has 1 unspecified atom stereocenters. The number of rotatable bonds is 5. The zero-order chi connectivity index (χ0) is 13.8. The molecule has 0 saturated heterocycles. The van der Waals surface area contributed by atoms with Gasteiger partial charge in [-0.15, -0.1) is 0 Å². The third-order valence-electron chi connectivity index (χ3n) is 3.39. The Balaban J connectivity index is 2.23. The average molecular weight is 257 g/mol. The lowest BCUT2D eigenvalue weighted by atomic mass is 9.98. The Kier molecular flexibility index (Phi) is 4.43. The van der Waals surface area contributed by atoms with Gasteiger partial charge in [0, 0.05) is 0 Å². The van der Waals surface area contributed by atoms with Crippen LogP contribution in [0.25, 0.3) is 0 Å². The zero-order valence-corrected chi connectivity index (χ0v) is 12.3. The summed E-state index contributed by atoms with van der Waals surface area (Å²) in [6.45, 7) is 9.47. The van der Waals surface area contributed by atoms with Gasteiger partial charge in [-0.1, -0.05) is 36.2 Å². The number of hydrogen-bond donors (Lipinski definition) is 1. The fourth-order valence-corrected chi connectivity index (χ4v) is 2.67. The van der Waals surface area contributed by atoms with Gasteiger partial charge in [0.15, 0.2) is 0 Å². The molecule has 0 saturated carbocycles. The van der Waals surface area contributed by atoms with Crippen molar-refractivity contribution < 1.29 is 4.42 Å². The highest BCUT2D eigenvalue weighted by Gasteiger charge is 2.16. The van der Waals surface area contributed by atoms with Gasteiger partial charge < -0.3 is 9.73 Å². The molecule has 19 heavy (non-hydrogen) atoms. The monoisotopic (exact) mass is 257 g/mol. The van der Waals surface area contributed by atoms with Crippen molar-refractivity contribution in [2.75, 3.05) is 6.54 Å². The number of aryl methyl sites for hydroxylation is 3. The van der Waals surface area contributed by atoms with Crippen molar-refractivity contribution in [1.82, 2.24) is 5.32 Å². The van der Waals surface area contributed by atoms with E-state index < -0.39 is 0 Å². The third-order valence-corrected chi connectivity index (χ3v) is 3.39. The molecule has 2 heteroatoms. The fraction of sp³-hybridized carbons (Fsp3) is 0.412. The topological polar surface area (TPSA) is 25.2 Å². The molecular weight excluding hydrogens is 234 g/mol. The maximum absolute atomic E-state index is 5.65. The van der Waals surface area contributed by atoms with Gasteiger partial charge in [0.2, 0.25) is 0 Å². The second-order valence-corrected chi connectivity index (χ2v) is 5.28. The van der Waals surface area contributed by atoms with E-state index in [1.807, 2.05) is 6.07 Å². The predicted molar refractivity (Wildman–Crippen MR) is 79.5 cm³/mol. The van der Waals surface area contributed by atoms with Crippen molar-refractivity contribution in [3.8, 4) is 0 Å². The van der Waals surface area contributed by atoms with Crippen LogP contribution in [0.1, 0.15) is 41.0 Å². The molecule has 1 atom stereocenters. The largest absolute Gasteiger partial charge is 0.467 e. The number of nitrogens with one attached hydrogen (secondary N) is 1. The van der Waals surface area contributed by atoms with Crippen molar-refractivity contribution >= 4 is 0 Å². The number of furan rings is 1. The van der Waals surface area contributed by atoms with Crippen LogP contribution in [0.4, 0.5) is 0 Å². The van der Waals surface area contributed by atoms with Crippen LogP contribution < -0.4 is 5.32 Å². The van der Waals surface area contributed by atoms with Crippen molar-refractivity contribution in [2.24, 2.45) is 0 Å². The molecule has 0 fully saturated rings. The van der Waals surface area contributed by atoms with E-state index in [9.17, 15) is 0 Å². The molecule has 102 valence electrons. The summed E-state index contributed by atoms with van der Waals surface area (Å²) < 4.78 is 5.65. The van der Waals surface area contributed by atoms with Gasteiger partial charge in [0.05, 0.1) is 12.3 Å². The third kappa shape index (κ3) is 3.48. The van der Waals surface area contributed by atoms with Crippen LogP contribution in [0.5, 0.6) is 0 Å². The molecule has 1 heterocycles.